The maximum Gasteiger partial charge on any atom is 0.261 e. The van der Waals surface area contributed by atoms with Crippen LogP contribution < -0.4 is 11.1 Å². The summed E-state index contributed by atoms with van der Waals surface area (Å²) >= 11 is 0. The number of amides is 1. The molecule has 0 bridgehead atoms. The number of anilines is 2. The van der Waals surface area contributed by atoms with E-state index in [1.165, 1.54) is 12.3 Å². The van der Waals surface area contributed by atoms with E-state index in [0.717, 1.165) is 12.1 Å². The minimum absolute atomic E-state index is 0.0210. The average Bonchev–Trinajstić information content (AvgIpc) is 2.70. The summed E-state index contributed by atoms with van der Waals surface area (Å²) in [5.74, 6) is -2.43. The monoisotopic (exact) mass is 238 g/mol. The molecule has 0 atom stereocenters. The van der Waals surface area contributed by atoms with Crippen molar-refractivity contribution in [3.63, 3.8) is 0 Å². The lowest BCUT2D eigenvalue weighted by atomic mass is 10.2. The first-order valence-electron chi connectivity index (χ1n) is 4.64. The lowest BCUT2D eigenvalue weighted by Crippen LogP contribution is -2.15. The van der Waals surface area contributed by atoms with E-state index < -0.39 is 23.2 Å². The maximum absolute atomic E-state index is 13.2. The molecule has 1 aromatic heterocycles. The molecular formula is C10H8F2N4O. The molecule has 2 aromatic rings. The number of halogens is 2. The lowest BCUT2D eigenvalue weighted by Gasteiger charge is -2.06. The second-order valence-electron chi connectivity index (χ2n) is 3.25. The Morgan fingerprint density at radius 1 is 1.35 bits per heavy atom. The standard InChI is InChI=1S/C10H8F2N4O/c11-6-2-1-3-7(12)8(6)15-10(17)5-4-14-16-9(5)13/h1-4H,(H,15,17)(H3,13,14,16). The minimum Gasteiger partial charge on any atom is -0.383 e. The van der Waals surface area contributed by atoms with Gasteiger partial charge in [0.05, 0.1) is 6.20 Å². The van der Waals surface area contributed by atoms with Crippen molar-refractivity contribution in [1.82, 2.24) is 10.2 Å². The van der Waals surface area contributed by atoms with Gasteiger partial charge in [-0.2, -0.15) is 5.10 Å². The van der Waals surface area contributed by atoms with Gasteiger partial charge >= 0.3 is 0 Å². The third-order valence-corrected chi connectivity index (χ3v) is 2.11. The van der Waals surface area contributed by atoms with E-state index in [0.29, 0.717) is 0 Å². The Morgan fingerprint density at radius 2 is 2.00 bits per heavy atom. The molecule has 4 N–H and O–H groups in total. The van der Waals surface area contributed by atoms with Gasteiger partial charge in [-0.1, -0.05) is 6.07 Å². The van der Waals surface area contributed by atoms with Crippen molar-refractivity contribution >= 4 is 17.4 Å². The first kappa shape index (κ1) is 11.1. The number of nitrogen functional groups attached to an aromatic ring is 1. The number of para-hydroxylation sites is 1. The molecule has 2 rings (SSSR count). The molecule has 1 aromatic carbocycles. The van der Waals surface area contributed by atoms with E-state index in [4.69, 9.17) is 5.73 Å². The predicted molar refractivity (Wildman–Crippen MR) is 57.3 cm³/mol. The Kier molecular flexibility index (Phi) is 2.73. The first-order chi connectivity index (χ1) is 8.09. The fraction of sp³-hybridized carbons (Fsp3) is 0. The zero-order chi connectivity index (χ0) is 12.4. The van der Waals surface area contributed by atoms with Crippen molar-refractivity contribution in [2.24, 2.45) is 0 Å². The molecule has 0 unspecified atom stereocenters. The molecule has 1 amide bonds. The van der Waals surface area contributed by atoms with Crippen molar-refractivity contribution in [2.45, 2.75) is 0 Å². The summed E-state index contributed by atoms with van der Waals surface area (Å²) in [6.07, 6.45) is 1.17. The molecule has 0 radical (unpaired) electrons. The Bertz CT molecular complexity index is 547. The molecular weight excluding hydrogens is 230 g/mol. The van der Waals surface area contributed by atoms with Crippen LogP contribution in [-0.2, 0) is 0 Å². The van der Waals surface area contributed by atoms with E-state index in [1.54, 1.807) is 0 Å². The second-order valence-corrected chi connectivity index (χ2v) is 3.25. The molecule has 0 fully saturated rings. The maximum atomic E-state index is 13.2. The van der Waals surface area contributed by atoms with Crippen LogP contribution in [-0.4, -0.2) is 16.1 Å². The van der Waals surface area contributed by atoms with Gasteiger partial charge in [0.2, 0.25) is 0 Å². The van der Waals surface area contributed by atoms with E-state index in [9.17, 15) is 13.6 Å². The summed E-state index contributed by atoms with van der Waals surface area (Å²) in [6.45, 7) is 0. The third-order valence-electron chi connectivity index (χ3n) is 2.11. The second kappa shape index (κ2) is 4.20. The third kappa shape index (κ3) is 2.07. The summed E-state index contributed by atoms with van der Waals surface area (Å²) in [6, 6.07) is 3.28. The van der Waals surface area contributed by atoms with Crippen LogP contribution >= 0.6 is 0 Å². The van der Waals surface area contributed by atoms with Crippen molar-refractivity contribution in [1.29, 1.82) is 0 Å². The molecule has 5 nitrogen and oxygen atoms in total. The normalized spacial score (nSPS) is 10.2. The SMILES string of the molecule is Nc1[nH]ncc1C(=O)Nc1c(F)cccc1F. The van der Waals surface area contributed by atoms with Crippen molar-refractivity contribution in [3.05, 3.63) is 41.6 Å². The molecule has 0 saturated heterocycles. The van der Waals surface area contributed by atoms with E-state index in [1.807, 2.05) is 0 Å². The van der Waals surface area contributed by atoms with Crippen LogP contribution in [0.3, 0.4) is 0 Å². The fourth-order valence-electron chi connectivity index (χ4n) is 1.28. The predicted octanol–water partition coefficient (Wildman–Crippen LogP) is 1.52. The highest BCUT2D eigenvalue weighted by molar-refractivity contribution is 6.07. The van der Waals surface area contributed by atoms with Crippen LogP contribution in [0, 0.1) is 11.6 Å². The van der Waals surface area contributed by atoms with Crippen LogP contribution in [0.5, 0.6) is 0 Å². The van der Waals surface area contributed by atoms with E-state index >= 15 is 0 Å². The zero-order valence-corrected chi connectivity index (χ0v) is 8.50. The van der Waals surface area contributed by atoms with Gasteiger partial charge in [-0.3, -0.25) is 9.89 Å². The first-order valence-corrected chi connectivity index (χ1v) is 4.64. The van der Waals surface area contributed by atoms with Gasteiger partial charge in [0.25, 0.3) is 5.91 Å². The van der Waals surface area contributed by atoms with Crippen molar-refractivity contribution < 1.29 is 13.6 Å². The Hall–Kier alpha value is -2.44. The van der Waals surface area contributed by atoms with Crippen LogP contribution in [0.4, 0.5) is 20.3 Å². The van der Waals surface area contributed by atoms with Crippen LogP contribution in [0.25, 0.3) is 0 Å². The molecule has 0 spiro atoms. The summed E-state index contributed by atoms with van der Waals surface area (Å²) in [5.41, 5.74) is 4.91. The van der Waals surface area contributed by atoms with Gasteiger partial charge in [0, 0.05) is 0 Å². The van der Waals surface area contributed by atoms with E-state index in [-0.39, 0.29) is 11.4 Å². The van der Waals surface area contributed by atoms with Gasteiger partial charge in [-0.25, -0.2) is 8.78 Å². The molecule has 0 aliphatic carbocycles. The molecule has 17 heavy (non-hydrogen) atoms. The number of H-pyrrole nitrogens is 1. The number of nitrogens with zero attached hydrogens (tertiary/aromatic N) is 1. The Morgan fingerprint density at radius 3 is 2.53 bits per heavy atom. The van der Waals surface area contributed by atoms with Crippen molar-refractivity contribution in [2.75, 3.05) is 11.1 Å². The number of nitrogens with two attached hydrogens (primary N) is 1. The number of benzene rings is 1. The number of aromatic amines is 1. The quantitative estimate of drug-likeness (QED) is 0.741. The summed E-state index contributed by atoms with van der Waals surface area (Å²) < 4.78 is 26.5. The van der Waals surface area contributed by atoms with Crippen LogP contribution in [0.15, 0.2) is 24.4 Å². The number of rotatable bonds is 2. The molecule has 0 aliphatic heterocycles. The fourth-order valence-corrected chi connectivity index (χ4v) is 1.28. The van der Waals surface area contributed by atoms with Crippen LogP contribution in [0.1, 0.15) is 10.4 Å². The topological polar surface area (TPSA) is 83.8 Å². The number of nitrogens with one attached hydrogen (secondary N) is 2. The number of hydrogen-bond acceptors (Lipinski definition) is 3. The molecule has 88 valence electrons. The van der Waals surface area contributed by atoms with Gasteiger partial charge in [0.15, 0.2) is 0 Å². The molecule has 1 heterocycles. The number of hydrogen-bond donors (Lipinski definition) is 3. The van der Waals surface area contributed by atoms with Gasteiger partial charge < -0.3 is 11.1 Å². The largest absolute Gasteiger partial charge is 0.383 e. The number of carbonyl (C=O) groups is 1. The number of aromatic nitrogens is 2. The summed E-state index contributed by atoms with van der Waals surface area (Å²) in [5, 5.41) is 7.97. The average molecular weight is 238 g/mol. The van der Waals surface area contributed by atoms with Crippen molar-refractivity contribution in [3.8, 4) is 0 Å². The highest BCUT2D eigenvalue weighted by atomic mass is 19.1. The van der Waals surface area contributed by atoms with E-state index in [2.05, 4.69) is 15.5 Å². The molecule has 0 aliphatic rings. The van der Waals surface area contributed by atoms with Gasteiger partial charge in [-0.15, -0.1) is 0 Å². The smallest absolute Gasteiger partial charge is 0.261 e. The van der Waals surface area contributed by atoms with Crippen LogP contribution in [0.2, 0.25) is 0 Å². The lowest BCUT2D eigenvalue weighted by molar-refractivity contribution is 0.102. The molecule has 0 saturated carbocycles. The summed E-state index contributed by atoms with van der Waals surface area (Å²) in [7, 11) is 0. The molecule has 7 heteroatoms. The summed E-state index contributed by atoms with van der Waals surface area (Å²) in [4.78, 5) is 11.6. The Labute approximate surface area is 94.6 Å². The highest BCUT2D eigenvalue weighted by Gasteiger charge is 2.16. The minimum atomic E-state index is -0.861. The highest BCUT2D eigenvalue weighted by Crippen LogP contribution is 2.19. The number of carbonyl (C=O) groups excluding carboxylic acids is 1. The zero-order valence-electron chi connectivity index (χ0n) is 8.50. The Balaban J connectivity index is 2.28. The van der Waals surface area contributed by atoms with Gasteiger partial charge in [0.1, 0.15) is 28.7 Å². The van der Waals surface area contributed by atoms with Gasteiger partial charge in [-0.05, 0) is 12.1 Å².